The zero-order valence-electron chi connectivity index (χ0n) is 13.5. The van der Waals surface area contributed by atoms with Gasteiger partial charge in [-0.2, -0.15) is 0 Å². The second kappa shape index (κ2) is 5.80. The zero-order chi connectivity index (χ0) is 16.7. The quantitative estimate of drug-likeness (QED) is 0.749. The van der Waals surface area contributed by atoms with Crippen molar-refractivity contribution in [1.29, 1.82) is 0 Å². The van der Waals surface area contributed by atoms with Crippen molar-refractivity contribution in [3.63, 3.8) is 0 Å². The summed E-state index contributed by atoms with van der Waals surface area (Å²) in [5, 5.41) is 4.89. The van der Waals surface area contributed by atoms with Crippen LogP contribution in [0, 0.1) is 0 Å². The Balaban J connectivity index is 1.81. The molecule has 1 aliphatic rings. The monoisotopic (exact) mass is 336 g/mol. The van der Waals surface area contributed by atoms with Gasteiger partial charge in [0.25, 0.3) is 0 Å². The van der Waals surface area contributed by atoms with Gasteiger partial charge in [0, 0.05) is 35.8 Å². The van der Waals surface area contributed by atoms with Gasteiger partial charge in [-0.05, 0) is 42.0 Å². The van der Waals surface area contributed by atoms with Crippen LogP contribution in [0.3, 0.4) is 0 Å². The zero-order valence-corrected chi connectivity index (χ0v) is 14.2. The van der Waals surface area contributed by atoms with Crippen LogP contribution in [0.2, 0.25) is 5.02 Å². The fourth-order valence-electron chi connectivity index (χ4n) is 2.96. The Kier molecular flexibility index (Phi) is 3.62. The van der Waals surface area contributed by atoms with Gasteiger partial charge in [-0.25, -0.2) is 4.98 Å². The van der Waals surface area contributed by atoms with Crippen molar-refractivity contribution >= 4 is 40.3 Å². The van der Waals surface area contributed by atoms with Gasteiger partial charge in [-0.1, -0.05) is 23.7 Å². The molecule has 0 aliphatic carbocycles. The molecule has 0 bridgehead atoms. The predicted octanol–water partition coefficient (Wildman–Crippen LogP) is 4.50. The SMILES string of the molecule is CN(C)c1ccc(C2N=CNc3nc4ccc(Cl)cc4cc32)cc1. The van der Waals surface area contributed by atoms with Crippen LogP contribution in [-0.4, -0.2) is 25.4 Å². The van der Waals surface area contributed by atoms with E-state index in [1.54, 1.807) is 6.34 Å². The van der Waals surface area contributed by atoms with Crippen molar-refractivity contribution in [3.05, 3.63) is 64.7 Å². The Hall–Kier alpha value is -2.59. The maximum atomic E-state index is 6.12. The molecular formula is C19H17ClN4. The number of nitrogens with zero attached hydrogens (tertiary/aromatic N) is 3. The van der Waals surface area contributed by atoms with Gasteiger partial charge in [-0.15, -0.1) is 0 Å². The Morgan fingerprint density at radius 1 is 1.04 bits per heavy atom. The van der Waals surface area contributed by atoms with Gasteiger partial charge < -0.3 is 10.2 Å². The van der Waals surface area contributed by atoms with Crippen molar-refractivity contribution in [1.82, 2.24) is 4.98 Å². The van der Waals surface area contributed by atoms with Gasteiger partial charge in [0.1, 0.15) is 11.9 Å². The Morgan fingerprint density at radius 3 is 2.58 bits per heavy atom. The molecule has 1 aromatic heterocycles. The standard InChI is InChI=1S/C19H17ClN4/c1-24(2)15-6-3-12(4-7-15)18-16-10-13-9-14(20)5-8-17(13)23-19(16)22-11-21-18/h3-11,18H,1-2H3,(H,21,22,23). The molecule has 0 fully saturated rings. The first-order valence-electron chi connectivity index (χ1n) is 7.77. The molecule has 2 heterocycles. The fourth-order valence-corrected chi connectivity index (χ4v) is 3.14. The normalized spacial score (nSPS) is 15.9. The largest absolute Gasteiger partial charge is 0.378 e. The van der Waals surface area contributed by atoms with Crippen LogP contribution in [0.5, 0.6) is 0 Å². The first-order chi connectivity index (χ1) is 11.6. The van der Waals surface area contributed by atoms with Crippen molar-refractivity contribution in [2.45, 2.75) is 6.04 Å². The highest BCUT2D eigenvalue weighted by Crippen LogP contribution is 2.35. The third-order valence-electron chi connectivity index (χ3n) is 4.25. The molecule has 4 rings (SSSR count). The summed E-state index contributed by atoms with van der Waals surface area (Å²) in [6, 6.07) is 16.3. The molecule has 2 aromatic carbocycles. The van der Waals surface area contributed by atoms with Gasteiger partial charge in [-0.3, -0.25) is 4.99 Å². The maximum Gasteiger partial charge on any atom is 0.137 e. The van der Waals surface area contributed by atoms with E-state index in [4.69, 9.17) is 16.6 Å². The lowest BCUT2D eigenvalue weighted by atomic mass is 9.97. The molecule has 24 heavy (non-hydrogen) atoms. The first kappa shape index (κ1) is 15.0. The molecule has 0 saturated heterocycles. The average molecular weight is 337 g/mol. The molecule has 0 amide bonds. The maximum absolute atomic E-state index is 6.12. The molecule has 0 spiro atoms. The summed E-state index contributed by atoms with van der Waals surface area (Å²) in [6.45, 7) is 0. The molecule has 1 N–H and O–H groups in total. The minimum atomic E-state index is -0.0617. The van der Waals surface area contributed by atoms with E-state index in [9.17, 15) is 0 Å². The first-order valence-corrected chi connectivity index (χ1v) is 8.15. The topological polar surface area (TPSA) is 40.5 Å². The number of anilines is 2. The Morgan fingerprint density at radius 2 is 1.83 bits per heavy atom. The van der Waals surface area contributed by atoms with E-state index in [2.05, 4.69) is 45.5 Å². The van der Waals surface area contributed by atoms with Crippen LogP contribution >= 0.6 is 11.6 Å². The van der Waals surface area contributed by atoms with Crippen molar-refractivity contribution in [2.24, 2.45) is 4.99 Å². The number of rotatable bonds is 2. The summed E-state index contributed by atoms with van der Waals surface area (Å²) in [7, 11) is 4.07. The second-order valence-electron chi connectivity index (χ2n) is 6.07. The number of aliphatic imine (C=N–C) groups is 1. The summed E-state index contributed by atoms with van der Waals surface area (Å²) in [5.41, 5.74) is 4.29. The number of pyridine rings is 1. The van der Waals surface area contributed by atoms with Crippen LogP contribution < -0.4 is 10.2 Å². The van der Waals surface area contributed by atoms with E-state index >= 15 is 0 Å². The molecule has 1 aliphatic heterocycles. The van der Waals surface area contributed by atoms with Crippen LogP contribution in [0.1, 0.15) is 17.2 Å². The van der Waals surface area contributed by atoms with E-state index in [-0.39, 0.29) is 6.04 Å². The lowest BCUT2D eigenvalue weighted by molar-refractivity contribution is 0.864. The highest BCUT2D eigenvalue weighted by Gasteiger charge is 2.21. The number of nitrogens with one attached hydrogen (secondary N) is 1. The Bertz CT molecular complexity index is 932. The summed E-state index contributed by atoms with van der Waals surface area (Å²) >= 11 is 6.12. The van der Waals surface area contributed by atoms with E-state index in [0.29, 0.717) is 5.02 Å². The van der Waals surface area contributed by atoms with E-state index in [0.717, 1.165) is 27.8 Å². The van der Waals surface area contributed by atoms with Gasteiger partial charge in [0.15, 0.2) is 0 Å². The number of hydrogen-bond donors (Lipinski definition) is 1. The van der Waals surface area contributed by atoms with Crippen molar-refractivity contribution in [3.8, 4) is 0 Å². The molecule has 0 saturated carbocycles. The Labute approximate surface area is 145 Å². The average Bonchev–Trinajstić information content (AvgIpc) is 2.59. The number of benzene rings is 2. The highest BCUT2D eigenvalue weighted by atomic mass is 35.5. The van der Waals surface area contributed by atoms with E-state index in [1.807, 2.05) is 32.3 Å². The smallest absolute Gasteiger partial charge is 0.137 e. The van der Waals surface area contributed by atoms with Crippen molar-refractivity contribution in [2.75, 3.05) is 24.3 Å². The van der Waals surface area contributed by atoms with E-state index < -0.39 is 0 Å². The molecule has 1 unspecified atom stereocenters. The summed E-state index contributed by atoms with van der Waals surface area (Å²) in [4.78, 5) is 11.4. The third-order valence-corrected chi connectivity index (χ3v) is 4.49. The van der Waals surface area contributed by atoms with Crippen molar-refractivity contribution < 1.29 is 0 Å². The molecule has 0 radical (unpaired) electrons. The number of halogens is 1. The van der Waals surface area contributed by atoms with Crippen LogP contribution in [0.25, 0.3) is 10.9 Å². The summed E-state index contributed by atoms with van der Waals surface area (Å²) < 4.78 is 0. The van der Waals surface area contributed by atoms with E-state index in [1.165, 1.54) is 5.69 Å². The second-order valence-corrected chi connectivity index (χ2v) is 6.51. The number of fused-ring (bicyclic) bond motifs is 2. The van der Waals surface area contributed by atoms with Crippen LogP contribution in [0.15, 0.2) is 53.5 Å². The van der Waals surface area contributed by atoms with Gasteiger partial charge in [0.2, 0.25) is 0 Å². The molecule has 120 valence electrons. The fraction of sp³-hybridized carbons (Fsp3) is 0.158. The predicted molar refractivity (Wildman–Crippen MR) is 101 cm³/mol. The minimum Gasteiger partial charge on any atom is -0.378 e. The summed E-state index contributed by atoms with van der Waals surface area (Å²) in [6.07, 6.45) is 1.72. The number of hydrogen-bond acceptors (Lipinski definition) is 4. The number of aromatic nitrogens is 1. The molecule has 4 nitrogen and oxygen atoms in total. The lowest BCUT2D eigenvalue weighted by Crippen LogP contribution is -2.13. The van der Waals surface area contributed by atoms with Gasteiger partial charge >= 0.3 is 0 Å². The molecule has 3 aromatic rings. The molecular weight excluding hydrogens is 320 g/mol. The molecule has 1 atom stereocenters. The lowest BCUT2D eigenvalue weighted by Gasteiger charge is -2.22. The summed E-state index contributed by atoms with van der Waals surface area (Å²) in [5.74, 6) is 0.849. The third kappa shape index (κ3) is 2.59. The van der Waals surface area contributed by atoms with Crippen LogP contribution in [0.4, 0.5) is 11.5 Å². The van der Waals surface area contributed by atoms with Gasteiger partial charge in [0.05, 0.1) is 11.9 Å². The highest BCUT2D eigenvalue weighted by molar-refractivity contribution is 6.31. The molecule has 5 heteroatoms. The minimum absolute atomic E-state index is 0.0617. The van der Waals surface area contributed by atoms with Crippen LogP contribution in [-0.2, 0) is 0 Å².